The molecule has 1 aliphatic rings. The fourth-order valence-corrected chi connectivity index (χ4v) is 2.94. The molecular formula is C13H28ClN3O4S. The highest BCUT2D eigenvalue weighted by atomic mass is 35.5. The average Bonchev–Trinajstić information content (AvgIpc) is 2.45. The number of amides is 1. The van der Waals surface area contributed by atoms with Crippen molar-refractivity contribution in [1.82, 2.24) is 10.0 Å². The number of nitrogens with one attached hydrogen (secondary N) is 2. The van der Waals surface area contributed by atoms with E-state index in [1.807, 2.05) is 13.8 Å². The van der Waals surface area contributed by atoms with Crippen LogP contribution in [0.15, 0.2) is 0 Å². The van der Waals surface area contributed by atoms with Gasteiger partial charge in [0.2, 0.25) is 15.9 Å². The smallest absolute Gasteiger partial charge is 0.237 e. The number of hydrogen-bond donors (Lipinski definition) is 3. The maximum atomic E-state index is 11.8. The lowest BCUT2D eigenvalue weighted by atomic mass is 10.1. The van der Waals surface area contributed by atoms with Crippen molar-refractivity contribution in [2.24, 2.45) is 11.7 Å². The molecule has 1 amide bonds. The summed E-state index contributed by atoms with van der Waals surface area (Å²) in [6.45, 7) is 4.72. The van der Waals surface area contributed by atoms with Crippen LogP contribution in [0.1, 0.15) is 33.1 Å². The van der Waals surface area contributed by atoms with Gasteiger partial charge in [0.05, 0.1) is 17.9 Å². The summed E-state index contributed by atoms with van der Waals surface area (Å²) < 4.78 is 31.6. The quantitative estimate of drug-likeness (QED) is 0.566. The Labute approximate surface area is 139 Å². The van der Waals surface area contributed by atoms with Crippen LogP contribution in [0.25, 0.3) is 0 Å². The molecule has 1 heterocycles. The zero-order valence-corrected chi connectivity index (χ0v) is 14.8. The van der Waals surface area contributed by atoms with E-state index in [4.69, 9.17) is 10.5 Å². The Hall–Kier alpha value is -0.410. The number of nitrogens with two attached hydrogens (primary N) is 1. The highest BCUT2D eigenvalue weighted by Gasteiger charge is 2.19. The van der Waals surface area contributed by atoms with Gasteiger partial charge in [-0.1, -0.05) is 13.8 Å². The first kappa shape index (κ1) is 21.6. The fraction of sp³-hybridized carbons (Fsp3) is 0.923. The topological polar surface area (TPSA) is 111 Å². The summed E-state index contributed by atoms with van der Waals surface area (Å²) in [5.41, 5.74) is 5.67. The van der Waals surface area contributed by atoms with Crippen LogP contribution in [-0.4, -0.2) is 51.9 Å². The molecule has 1 aliphatic heterocycles. The molecule has 4 N–H and O–H groups in total. The fourth-order valence-electron chi connectivity index (χ4n) is 1.99. The lowest BCUT2D eigenvalue weighted by molar-refractivity contribution is -0.123. The molecule has 0 aromatic rings. The van der Waals surface area contributed by atoms with Crippen LogP contribution in [0.2, 0.25) is 0 Å². The second kappa shape index (κ2) is 10.4. The van der Waals surface area contributed by atoms with Crippen LogP contribution in [0.4, 0.5) is 0 Å². The molecular weight excluding hydrogens is 330 g/mol. The van der Waals surface area contributed by atoms with E-state index in [0.717, 1.165) is 19.3 Å². The number of ether oxygens (including phenoxy) is 1. The van der Waals surface area contributed by atoms with Gasteiger partial charge in [0.15, 0.2) is 0 Å². The molecule has 132 valence electrons. The molecule has 9 heteroatoms. The Kier molecular flexibility index (Phi) is 10.2. The number of halogens is 1. The second-order valence-electron chi connectivity index (χ2n) is 5.72. The Bertz CT molecular complexity index is 425. The van der Waals surface area contributed by atoms with E-state index < -0.39 is 16.1 Å². The predicted molar refractivity (Wildman–Crippen MR) is 88.5 cm³/mol. The van der Waals surface area contributed by atoms with Crippen LogP contribution in [0, 0.1) is 5.92 Å². The van der Waals surface area contributed by atoms with E-state index in [2.05, 4.69) is 10.0 Å². The van der Waals surface area contributed by atoms with Crippen molar-refractivity contribution in [1.29, 1.82) is 0 Å². The van der Waals surface area contributed by atoms with Gasteiger partial charge < -0.3 is 15.8 Å². The van der Waals surface area contributed by atoms with Crippen LogP contribution in [0.3, 0.4) is 0 Å². The number of carbonyl (C=O) groups is 1. The van der Waals surface area contributed by atoms with Crippen molar-refractivity contribution in [2.45, 2.75) is 45.3 Å². The second-order valence-corrected chi connectivity index (χ2v) is 7.64. The van der Waals surface area contributed by atoms with Crippen molar-refractivity contribution in [3.8, 4) is 0 Å². The molecule has 1 rings (SSSR count). The van der Waals surface area contributed by atoms with Gasteiger partial charge in [0, 0.05) is 19.7 Å². The molecule has 1 saturated heterocycles. The Morgan fingerprint density at radius 2 is 2.05 bits per heavy atom. The first-order chi connectivity index (χ1) is 9.82. The zero-order chi connectivity index (χ0) is 15.9. The minimum Gasteiger partial charge on any atom is -0.377 e. The maximum absolute atomic E-state index is 11.8. The third-order valence-electron chi connectivity index (χ3n) is 3.50. The summed E-state index contributed by atoms with van der Waals surface area (Å²) in [4.78, 5) is 11.6. The average molecular weight is 358 g/mol. The van der Waals surface area contributed by atoms with Crippen LogP contribution in [0.5, 0.6) is 0 Å². The van der Waals surface area contributed by atoms with Crippen molar-refractivity contribution < 1.29 is 17.9 Å². The van der Waals surface area contributed by atoms with E-state index in [1.54, 1.807) is 0 Å². The first-order valence-electron chi connectivity index (χ1n) is 7.44. The summed E-state index contributed by atoms with van der Waals surface area (Å²) >= 11 is 0. The van der Waals surface area contributed by atoms with Gasteiger partial charge in [-0.25, -0.2) is 13.1 Å². The van der Waals surface area contributed by atoms with E-state index in [0.29, 0.717) is 13.2 Å². The van der Waals surface area contributed by atoms with Gasteiger partial charge in [-0.15, -0.1) is 12.4 Å². The molecule has 0 aromatic heterocycles. The predicted octanol–water partition coefficient (Wildman–Crippen LogP) is -0.00380. The minimum absolute atomic E-state index is 0. The third-order valence-corrected chi connectivity index (χ3v) is 4.84. The Morgan fingerprint density at radius 1 is 1.36 bits per heavy atom. The van der Waals surface area contributed by atoms with Crippen LogP contribution >= 0.6 is 12.4 Å². The van der Waals surface area contributed by atoms with Gasteiger partial charge in [0.25, 0.3) is 0 Å². The Balaban J connectivity index is 0.00000441. The number of sulfonamides is 1. The van der Waals surface area contributed by atoms with Crippen molar-refractivity contribution in [3.63, 3.8) is 0 Å². The maximum Gasteiger partial charge on any atom is 0.237 e. The van der Waals surface area contributed by atoms with E-state index >= 15 is 0 Å². The molecule has 1 unspecified atom stereocenters. The SMILES string of the molecule is CC(C)[C@H](N)C(=O)NCCS(=O)(=O)NCC1CCCCO1.Cl. The van der Waals surface area contributed by atoms with Crippen molar-refractivity contribution in [3.05, 3.63) is 0 Å². The van der Waals surface area contributed by atoms with Gasteiger partial charge >= 0.3 is 0 Å². The van der Waals surface area contributed by atoms with Crippen LogP contribution in [-0.2, 0) is 19.6 Å². The van der Waals surface area contributed by atoms with Gasteiger partial charge in [-0.05, 0) is 25.2 Å². The summed E-state index contributed by atoms with van der Waals surface area (Å²) in [6.07, 6.45) is 2.93. The summed E-state index contributed by atoms with van der Waals surface area (Å²) in [6, 6.07) is -0.615. The zero-order valence-electron chi connectivity index (χ0n) is 13.2. The largest absolute Gasteiger partial charge is 0.377 e. The molecule has 0 spiro atoms. The molecule has 1 fully saturated rings. The van der Waals surface area contributed by atoms with Gasteiger partial charge in [-0.2, -0.15) is 0 Å². The highest BCUT2D eigenvalue weighted by Crippen LogP contribution is 2.11. The Morgan fingerprint density at radius 3 is 2.59 bits per heavy atom. The van der Waals surface area contributed by atoms with Gasteiger partial charge in [0.1, 0.15) is 0 Å². The summed E-state index contributed by atoms with van der Waals surface area (Å²) in [5, 5.41) is 2.54. The van der Waals surface area contributed by atoms with Gasteiger partial charge in [-0.3, -0.25) is 4.79 Å². The van der Waals surface area contributed by atoms with E-state index in [-0.39, 0.29) is 42.6 Å². The molecule has 0 saturated carbocycles. The molecule has 7 nitrogen and oxygen atoms in total. The summed E-state index contributed by atoms with van der Waals surface area (Å²) in [7, 11) is -3.41. The molecule has 2 atom stereocenters. The number of carbonyl (C=O) groups excluding carboxylic acids is 1. The molecule has 0 bridgehead atoms. The van der Waals surface area contributed by atoms with Crippen LogP contribution < -0.4 is 15.8 Å². The normalized spacial score (nSPS) is 20.3. The lowest BCUT2D eigenvalue weighted by Gasteiger charge is -2.22. The monoisotopic (exact) mass is 357 g/mol. The minimum atomic E-state index is -3.41. The van der Waals surface area contributed by atoms with E-state index in [9.17, 15) is 13.2 Å². The molecule has 0 aromatic carbocycles. The van der Waals surface area contributed by atoms with E-state index in [1.165, 1.54) is 0 Å². The third kappa shape index (κ3) is 8.28. The first-order valence-corrected chi connectivity index (χ1v) is 9.09. The standard InChI is InChI=1S/C13H27N3O4S.ClH/c1-10(2)12(14)13(17)15-6-8-21(18,19)16-9-11-5-3-4-7-20-11;/h10-12,16H,3-9,14H2,1-2H3,(H,15,17);1H/t11?,12-;/m0./s1. The summed E-state index contributed by atoms with van der Waals surface area (Å²) in [5.74, 6) is -0.463. The van der Waals surface area contributed by atoms with Crippen molar-refractivity contribution in [2.75, 3.05) is 25.4 Å². The number of rotatable bonds is 8. The number of hydrogen-bond acceptors (Lipinski definition) is 5. The van der Waals surface area contributed by atoms with Crippen molar-refractivity contribution >= 4 is 28.3 Å². The molecule has 0 aliphatic carbocycles. The lowest BCUT2D eigenvalue weighted by Crippen LogP contribution is -2.46. The highest BCUT2D eigenvalue weighted by molar-refractivity contribution is 7.89. The molecule has 22 heavy (non-hydrogen) atoms. The molecule has 0 radical (unpaired) electrons.